The van der Waals surface area contributed by atoms with Crippen LogP contribution in [0.2, 0.25) is 0 Å². The number of benzene rings is 2. The van der Waals surface area contributed by atoms with Gasteiger partial charge in [-0.05, 0) is 53.8 Å². The number of aromatic nitrogens is 1. The summed E-state index contributed by atoms with van der Waals surface area (Å²) in [6, 6.07) is 17.1. The van der Waals surface area contributed by atoms with Gasteiger partial charge < -0.3 is 5.73 Å². The highest BCUT2D eigenvalue weighted by Crippen LogP contribution is 2.18. The second-order valence-electron chi connectivity index (χ2n) is 5.24. The van der Waals surface area contributed by atoms with E-state index in [9.17, 15) is 0 Å². The van der Waals surface area contributed by atoms with E-state index in [0.717, 1.165) is 11.9 Å². The minimum Gasteiger partial charge on any atom is -0.326 e. The lowest BCUT2D eigenvalue weighted by Gasteiger charge is -2.06. The van der Waals surface area contributed by atoms with Crippen molar-refractivity contribution >= 4 is 10.9 Å². The van der Waals surface area contributed by atoms with Gasteiger partial charge in [0.25, 0.3) is 0 Å². The van der Waals surface area contributed by atoms with Gasteiger partial charge in [-0.25, -0.2) is 0 Å². The van der Waals surface area contributed by atoms with Crippen LogP contribution in [0.4, 0.5) is 0 Å². The van der Waals surface area contributed by atoms with Crippen molar-refractivity contribution in [2.75, 3.05) is 0 Å². The summed E-state index contributed by atoms with van der Waals surface area (Å²) in [4.78, 5) is 4.44. The molecule has 0 fully saturated rings. The fourth-order valence-corrected chi connectivity index (χ4v) is 2.50. The number of hydrogen-bond donors (Lipinski definition) is 1. The summed E-state index contributed by atoms with van der Waals surface area (Å²) in [6.45, 7) is 2.67. The van der Waals surface area contributed by atoms with Gasteiger partial charge in [0.15, 0.2) is 0 Å². The zero-order chi connectivity index (χ0) is 13.9. The van der Waals surface area contributed by atoms with Crippen LogP contribution in [-0.4, -0.2) is 4.98 Å². The Balaban J connectivity index is 1.93. The molecule has 1 heterocycles. The van der Waals surface area contributed by atoms with Crippen molar-refractivity contribution in [1.29, 1.82) is 0 Å². The van der Waals surface area contributed by atoms with Gasteiger partial charge in [-0.1, -0.05) is 30.3 Å². The maximum atomic E-state index is 5.69. The molecule has 0 aliphatic rings. The van der Waals surface area contributed by atoms with E-state index >= 15 is 0 Å². The first-order chi connectivity index (χ1) is 9.74. The molecule has 0 spiro atoms. The van der Waals surface area contributed by atoms with Gasteiger partial charge in [0.2, 0.25) is 0 Å². The average molecular weight is 262 g/mol. The number of rotatable bonds is 3. The molecular weight excluding hydrogens is 244 g/mol. The summed E-state index contributed by atoms with van der Waals surface area (Å²) in [5.74, 6) is 0. The van der Waals surface area contributed by atoms with Crippen molar-refractivity contribution in [3.8, 4) is 0 Å². The van der Waals surface area contributed by atoms with Gasteiger partial charge in [0.05, 0.1) is 5.52 Å². The molecule has 0 saturated heterocycles. The maximum Gasteiger partial charge on any atom is 0.0702 e. The Bertz CT molecular complexity index is 747. The molecule has 0 saturated carbocycles. The van der Waals surface area contributed by atoms with Crippen LogP contribution in [0.5, 0.6) is 0 Å². The highest BCUT2D eigenvalue weighted by molar-refractivity contribution is 5.79. The summed E-state index contributed by atoms with van der Waals surface area (Å²) in [7, 11) is 0. The van der Waals surface area contributed by atoms with Crippen molar-refractivity contribution in [2.24, 2.45) is 5.73 Å². The van der Waals surface area contributed by atoms with Crippen LogP contribution in [0, 0.1) is 6.92 Å². The second-order valence-corrected chi connectivity index (χ2v) is 5.24. The van der Waals surface area contributed by atoms with Gasteiger partial charge in [-0.2, -0.15) is 0 Å². The molecule has 0 radical (unpaired) electrons. The predicted molar refractivity (Wildman–Crippen MR) is 83.6 cm³/mol. The van der Waals surface area contributed by atoms with Crippen LogP contribution in [0.25, 0.3) is 10.9 Å². The third kappa shape index (κ3) is 2.70. The van der Waals surface area contributed by atoms with Crippen LogP contribution in [0.3, 0.4) is 0 Å². The van der Waals surface area contributed by atoms with Crippen molar-refractivity contribution in [3.05, 3.63) is 77.0 Å². The first-order valence-electron chi connectivity index (χ1n) is 6.88. The van der Waals surface area contributed by atoms with Crippen LogP contribution in [0.1, 0.15) is 22.3 Å². The lowest BCUT2D eigenvalue weighted by molar-refractivity contribution is 1.06. The Hall–Kier alpha value is -2.19. The molecule has 0 amide bonds. The summed E-state index contributed by atoms with van der Waals surface area (Å²) in [5.41, 5.74) is 11.7. The monoisotopic (exact) mass is 262 g/mol. The minimum absolute atomic E-state index is 0.592. The summed E-state index contributed by atoms with van der Waals surface area (Å²) in [5, 5.41) is 1.21. The smallest absolute Gasteiger partial charge is 0.0702 e. The highest BCUT2D eigenvalue weighted by Gasteiger charge is 2.01. The molecular formula is C18H18N2. The Kier molecular flexibility index (Phi) is 3.48. The summed E-state index contributed by atoms with van der Waals surface area (Å²) in [6.07, 6.45) is 2.84. The van der Waals surface area contributed by atoms with Gasteiger partial charge in [0, 0.05) is 18.1 Å². The Morgan fingerprint density at radius 3 is 2.60 bits per heavy atom. The molecule has 0 unspecified atom stereocenters. The standard InChI is InChI=1S/C18H18N2/c1-13-7-17-10-15(5-6-18(17)20-12-13)8-14-3-2-4-16(9-14)11-19/h2-7,9-10,12H,8,11,19H2,1H3. The molecule has 0 aliphatic heterocycles. The molecule has 100 valence electrons. The zero-order valence-electron chi connectivity index (χ0n) is 11.6. The molecule has 2 nitrogen and oxygen atoms in total. The third-order valence-corrected chi connectivity index (χ3v) is 3.52. The van der Waals surface area contributed by atoms with Crippen molar-refractivity contribution in [1.82, 2.24) is 4.98 Å². The number of aryl methyl sites for hydroxylation is 1. The van der Waals surface area contributed by atoms with E-state index in [1.165, 1.54) is 27.6 Å². The molecule has 3 rings (SSSR count). The third-order valence-electron chi connectivity index (χ3n) is 3.52. The van der Waals surface area contributed by atoms with E-state index in [1.807, 2.05) is 6.20 Å². The lowest BCUT2D eigenvalue weighted by atomic mass is 10.0. The van der Waals surface area contributed by atoms with Crippen LogP contribution >= 0.6 is 0 Å². The van der Waals surface area contributed by atoms with Crippen molar-refractivity contribution < 1.29 is 0 Å². The number of hydrogen-bond acceptors (Lipinski definition) is 2. The maximum absolute atomic E-state index is 5.69. The minimum atomic E-state index is 0.592. The van der Waals surface area contributed by atoms with Gasteiger partial charge in [-0.3, -0.25) is 4.98 Å². The fraction of sp³-hybridized carbons (Fsp3) is 0.167. The van der Waals surface area contributed by atoms with E-state index < -0.39 is 0 Å². The van der Waals surface area contributed by atoms with Crippen LogP contribution < -0.4 is 5.73 Å². The molecule has 2 heteroatoms. The Morgan fingerprint density at radius 2 is 1.75 bits per heavy atom. The van der Waals surface area contributed by atoms with Crippen LogP contribution in [0.15, 0.2) is 54.7 Å². The SMILES string of the molecule is Cc1cnc2ccc(Cc3cccc(CN)c3)cc2c1. The Morgan fingerprint density at radius 1 is 0.950 bits per heavy atom. The molecule has 0 atom stereocenters. The quantitative estimate of drug-likeness (QED) is 0.783. The van der Waals surface area contributed by atoms with Gasteiger partial charge in [0.1, 0.15) is 0 Å². The topological polar surface area (TPSA) is 38.9 Å². The van der Waals surface area contributed by atoms with Gasteiger partial charge >= 0.3 is 0 Å². The lowest BCUT2D eigenvalue weighted by Crippen LogP contribution is -1.97. The molecule has 20 heavy (non-hydrogen) atoms. The molecule has 2 aromatic carbocycles. The molecule has 2 N–H and O–H groups in total. The predicted octanol–water partition coefficient (Wildman–Crippen LogP) is 3.59. The zero-order valence-corrected chi connectivity index (χ0v) is 11.6. The van der Waals surface area contributed by atoms with E-state index in [-0.39, 0.29) is 0 Å². The number of fused-ring (bicyclic) bond motifs is 1. The van der Waals surface area contributed by atoms with Crippen molar-refractivity contribution in [3.63, 3.8) is 0 Å². The van der Waals surface area contributed by atoms with E-state index in [4.69, 9.17) is 5.73 Å². The second kappa shape index (κ2) is 5.43. The van der Waals surface area contributed by atoms with Crippen molar-refractivity contribution in [2.45, 2.75) is 19.9 Å². The summed E-state index contributed by atoms with van der Waals surface area (Å²) >= 11 is 0. The molecule has 0 aliphatic carbocycles. The Labute approximate surface area is 119 Å². The first-order valence-corrected chi connectivity index (χ1v) is 6.88. The van der Waals surface area contributed by atoms with E-state index in [2.05, 4.69) is 60.4 Å². The van der Waals surface area contributed by atoms with Crippen LogP contribution in [-0.2, 0) is 13.0 Å². The molecule has 1 aromatic heterocycles. The number of nitrogens with zero attached hydrogens (tertiary/aromatic N) is 1. The fourth-order valence-electron chi connectivity index (χ4n) is 2.50. The van der Waals surface area contributed by atoms with E-state index in [0.29, 0.717) is 6.54 Å². The molecule has 3 aromatic rings. The number of nitrogens with two attached hydrogens (primary N) is 1. The highest BCUT2D eigenvalue weighted by atomic mass is 14.6. The normalized spacial score (nSPS) is 10.9. The first kappa shape index (κ1) is 12.8. The largest absolute Gasteiger partial charge is 0.326 e. The molecule has 0 bridgehead atoms. The van der Waals surface area contributed by atoms with Gasteiger partial charge in [-0.15, -0.1) is 0 Å². The number of pyridine rings is 1. The van der Waals surface area contributed by atoms with E-state index in [1.54, 1.807) is 0 Å². The summed E-state index contributed by atoms with van der Waals surface area (Å²) < 4.78 is 0. The average Bonchev–Trinajstić information content (AvgIpc) is 2.47.